The molecule has 1 aromatic carbocycles. The van der Waals surface area contributed by atoms with Crippen molar-refractivity contribution in [1.29, 1.82) is 0 Å². The molecular weight excluding hydrogens is 242 g/mol. The number of hydrogen-bond acceptors (Lipinski definition) is 6. The molecule has 7 heteroatoms. The second-order valence-corrected chi connectivity index (χ2v) is 3.21. The number of carbonyl (C=O) groups is 2. The van der Waals surface area contributed by atoms with Crippen molar-refractivity contribution in [3.05, 3.63) is 33.4 Å². The van der Waals surface area contributed by atoms with Gasteiger partial charge < -0.3 is 9.47 Å². The number of rotatable bonds is 5. The third-order valence-electron chi connectivity index (χ3n) is 2.15. The van der Waals surface area contributed by atoms with Crippen LogP contribution in [0, 0.1) is 10.1 Å². The van der Waals surface area contributed by atoms with Gasteiger partial charge in [-0.25, -0.2) is 4.79 Å². The predicted octanol–water partition coefficient (Wildman–Crippen LogP) is 1.59. The Morgan fingerprint density at radius 2 is 2.17 bits per heavy atom. The van der Waals surface area contributed by atoms with E-state index in [1.807, 2.05) is 0 Å². The summed E-state index contributed by atoms with van der Waals surface area (Å²) >= 11 is 0. The number of benzene rings is 1. The lowest BCUT2D eigenvalue weighted by molar-refractivity contribution is -0.384. The van der Waals surface area contributed by atoms with Crippen molar-refractivity contribution < 1.29 is 24.0 Å². The minimum absolute atomic E-state index is 0.0650. The van der Waals surface area contributed by atoms with Gasteiger partial charge in [-0.3, -0.25) is 14.9 Å². The maximum absolute atomic E-state index is 11.7. The van der Waals surface area contributed by atoms with Gasteiger partial charge in [0, 0.05) is 11.6 Å². The first-order valence-electron chi connectivity index (χ1n) is 5.03. The lowest BCUT2D eigenvalue weighted by Gasteiger charge is -2.09. The molecule has 1 aromatic rings. The van der Waals surface area contributed by atoms with E-state index in [0.717, 1.165) is 12.1 Å². The van der Waals surface area contributed by atoms with E-state index in [2.05, 4.69) is 0 Å². The van der Waals surface area contributed by atoms with Gasteiger partial charge in [-0.05, 0) is 6.92 Å². The molecule has 0 aliphatic rings. The molecule has 0 unspecified atom stereocenters. The van der Waals surface area contributed by atoms with Gasteiger partial charge in [-0.15, -0.1) is 0 Å². The second-order valence-electron chi connectivity index (χ2n) is 3.21. The Bertz CT molecular complexity index is 497. The van der Waals surface area contributed by atoms with Crippen LogP contribution in [-0.4, -0.2) is 30.9 Å². The molecule has 0 saturated heterocycles. The normalized spacial score (nSPS) is 9.67. The van der Waals surface area contributed by atoms with Crippen LogP contribution >= 0.6 is 0 Å². The quantitative estimate of drug-likeness (QED) is 0.342. The average molecular weight is 253 g/mol. The number of nitro benzene ring substituents is 1. The number of carbonyl (C=O) groups excluding carboxylic acids is 2. The first kappa shape index (κ1) is 13.6. The van der Waals surface area contributed by atoms with E-state index in [1.165, 1.54) is 7.11 Å². The molecule has 0 atom stereocenters. The SMILES string of the molecule is CCOC(=O)c1c(C=O)cc([N+](=O)[O-])cc1OC. The third kappa shape index (κ3) is 2.62. The Morgan fingerprint density at radius 3 is 2.61 bits per heavy atom. The number of nitrogens with zero attached hydrogens (tertiary/aromatic N) is 1. The lowest BCUT2D eigenvalue weighted by atomic mass is 10.1. The van der Waals surface area contributed by atoms with E-state index >= 15 is 0 Å². The van der Waals surface area contributed by atoms with E-state index in [1.54, 1.807) is 6.92 Å². The first-order valence-corrected chi connectivity index (χ1v) is 5.03. The van der Waals surface area contributed by atoms with Crippen molar-refractivity contribution in [2.45, 2.75) is 6.92 Å². The summed E-state index contributed by atoms with van der Waals surface area (Å²) in [7, 11) is 1.25. The zero-order valence-corrected chi connectivity index (χ0v) is 9.84. The van der Waals surface area contributed by atoms with Crippen LogP contribution < -0.4 is 4.74 Å². The number of methoxy groups -OCH3 is 1. The number of nitro groups is 1. The van der Waals surface area contributed by atoms with Gasteiger partial charge in [0.15, 0.2) is 6.29 Å². The smallest absolute Gasteiger partial charge is 0.342 e. The van der Waals surface area contributed by atoms with Crippen molar-refractivity contribution in [3.8, 4) is 5.75 Å². The molecule has 0 aliphatic carbocycles. The number of non-ortho nitro benzene ring substituents is 1. The molecule has 0 spiro atoms. The average Bonchev–Trinajstić information content (AvgIpc) is 2.36. The van der Waals surface area contributed by atoms with Gasteiger partial charge in [0.05, 0.1) is 24.7 Å². The summed E-state index contributed by atoms with van der Waals surface area (Å²) in [6, 6.07) is 2.07. The zero-order valence-electron chi connectivity index (χ0n) is 9.84. The molecule has 0 N–H and O–H groups in total. The summed E-state index contributed by atoms with van der Waals surface area (Å²) in [6.07, 6.45) is 0.349. The summed E-state index contributed by atoms with van der Waals surface area (Å²) in [5.74, 6) is -0.823. The van der Waals surface area contributed by atoms with Crippen LogP contribution in [0.15, 0.2) is 12.1 Å². The van der Waals surface area contributed by atoms with Gasteiger partial charge in [0.2, 0.25) is 0 Å². The minimum Gasteiger partial charge on any atom is -0.496 e. The van der Waals surface area contributed by atoms with Crippen molar-refractivity contribution >= 4 is 17.9 Å². The molecule has 18 heavy (non-hydrogen) atoms. The molecule has 0 amide bonds. The van der Waals surface area contributed by atoms with Crippen LogP contribution in [0.3, 0.4) is 0 Å². The van der Waals surface area contributed by atoms with Crippen LogP contribution in [0.5, 0.6) is 5.75 Å². The Balaban J connectivity index is 3.43. The predicted molar refractivity (Wildman–Crippen MR) is 61.0 cm³/mol. The highest BCUT2D eigenvalue weighted by Gasteiger charge is 2.23. The maximum atomic E-state index is 11.7. The molecular formula is C11H11NO6. The van der Waals surface area contributed by atoms with Crippen molar-refractivity contribution in [2.75, 3.05) is 13.7 Å². The Morgan fingerprint density at radius 1 is 1.50 bits per heavy atom. The van der Waals surface area contributed by atoms with E-state index in [0.29, 0.717) is 6.29 Å². The summed E-state index contributed by atoms with van der Waals surface area (Å²) < 4.78 is 9.65. The summed E-state index contributed by atoms with van der Waals surface area (Å²) in [5, 5.41) is 10.7. The monoisotopic (exact) mass is 253 g/mol. The molecule has 0 aliphatic heterocycles. The lowest BCUT2D eigenvalue weighted by Crippen LogP contribution is -2.10. The minimum atomic E-state index is -0.758. The first-order chi connectivity index (χ1) is 8.54. The highest BCUT2D eigenvalue weighted by molar-refractivity contribution is 6.01. The number of ether oxygens (including phenoxy) is 2. The molecule has 0 heterocycles. The Hall–Kier alpha value is -2.44. The molecule has 0 bridgehead atoms. The number of aldehydes is 1. The van der Waals surface area contributed by atoms with E-state index in [9.17, 15) is 19.7 Å². The third-order valence-corrected chi connectivity index (χ3v) is 2.15. The van der Waals surface area contributed by atoms with Gasteiger partial charge in [-0.2, -0.15) is 0 Å². The summed E-state index contributed by atoms with van der Waals surface area (Å²) in [4.78, 5) is 32.5. The van der Waals surface area contributed by atoms with Crippen LogP contribution in [0.4, 0.5) is 5.69 Å². The van der Waals surface area contributed by atoms with E-state index < -0.39 is 10.9 Å². The van der Waals surface area contributed by atoms with Crippen LogP contribution in [0.1, 0.15) is 27.6 Å². The number of hydrogen-bond donors (Lipinski definition) is 0. The fraction of sp³-hybridized carbons (Fsp3) is 0.273. The van der Waals surface area contributed by atoms with Crippen molar-refractivity contribution in [2.24, 2.45) is 0 Å². The van der Waals surface area contributed by atoms with Crippen LogP contribution in [0.25, 0.3) is 0 Å². The highest BCUT2D eigenvalue weighted by atomic mass is 16.6. The fourth-order valence-electron chi connectivity index (χ4n) is 1.40. The Kier molecular flexibility index (Phi) is 4.36. The summed E-state index contributed by atoms with van der Waals surface area (Å²) in [5.41, 5.74) is -0.582. The van der Waals surface area contributed by atoms with Crippen LogP contribution in [0.2, 0.25) is 0 Å². The zero-order chi connectivity index (χ0) is 13.7. The molecule has 7 nitrogen and oxygen atoms in total. The second kappa shape index (κ2) is 5.76. The topological polar surface area (TPSA) is 95.7 Å². The largest absolute Gasteiger partial charge is 0.496 e. The van der Waals surface area contributed by atoms with E-state index in [-0.39, 0.29) is 29.2 Å². The van der Waals surface area contributed by atoms with Gasteiger partial charge in [0.25, 0.3) is 5.69 Å². The molecule has 1 rings (SSSR count). The fourth-order valence-corrected chi connectivity index (χ4v) is 1.40. The molecule has 96 valence electrons. The maximum Gasteiger partial charge on any atom is 0.342 e. The highest BCUT2D eigenvalue weighted by Crippen LogP contribution is 2.28. The summed E-state index contributed by atoms with van der Waals surface area (Å²) in [6.45, 7) is 1.73. The van der Waals surface area contributed by atoms with Crippen molar-refractivity contribution in [3.63, 3.8) is 0 Å². The van der Waals surface area contributed by atoms with Gasteiger partial charge in [-0.1, -0.05) is 0 Å². The molecule has 0 aromatic heterocycles. The Labute approximate surface area is 102 Å². The van der Waals surface area contributed by atoms with Gasteiger partial charge in [0.1, 0.15) is 11.3 Å². The molecule has 0 fully saturated rings. The standard InChI is InChI=1S/C11H11NO6/c1-3-18-11(14)10-7(6-13)4-8(12(15)16)5-9(10)17-2/h4-6H,3H2,1-2H3. The molecule has 0 radical (unpaired) electrons. The van der Waals surface area contributed by atoms with Gasteiger partial charge >= 0.3 is 5.97 Å². The van der Waals surface area contributed by atoms with Crippen LogP contribution in [-0.2, 0) is 4.74 Å². The number of esters is 1. The van der Waals surface area contributed by atoms with E-state index in [4.69, 9.17) is 9.47 Å². The van der Waals surface area contributed by atoms with Crippen molar-refractivity contribution in [1.82, 2.24) is 0 Å². The molecule has 0 saturated carbocycles.